The summed E-state index contributed by atoms with van der Waals surface area (Å²) in [5, 5.41) is 2.69. The number of rotatable bonds is 1. The molecule has 0 unspecified atom stereocenters. The Bertz CT molecular complexity index is 692. The topological polar surface area (TPSA) is 29.1 Å². The molecule has 1 heterocycles. The number of carbonyl (C=O) groups excluding carboxylic acids is 1. The smallest absolute Gasteiger partial charge is 0.326 e. The number of fused-ring (bicyclic) bond motifs is 1. The molecule has 5 heteroatoms. The maximum absolute atomic E-state index is 12.7. The van der Waals surface area contributed by atoms with Gasteiger partial charge in [-0.3, -0.25) is 4.79 Å². The molecule has 20 heavy (non-hydrogen) atoms. The Kier molecular flexibility index (Phi) is 2.78. The highest BCUT2D eigenvalue weighted by atomic mass is 19.4. The number of carbonyl (C=O) groups is 1. The molecule has 3 rings (SSSR count). The molecule has 2 aromatic rings. The fourth-order valence-electron chi connectivity index (χ4n) is 2.28. The van der Waals surface area contributed by atoms with Crippen LogP contribution in [0.5, 0.6) is 0 Å². The van der Waals surface area contributed by atoms with Crippen molar-refractivity contribution in [3.05, 3.63) is 53.6 Å². The van der Waals surface area contributed by atoms with Gasteiger partial charge >= 0.3 is 6.18 Å². The summed E-state index contributed by atoms with van der Waals surface area (Å²) in [4.78, 5) is 11.3. The molecule has 0 atom stereocenters. The Balaban J connectivity index is 2.02. The van der Waals surface area contributed by atoms with Gasteiger partial charge in [-0.15, -0.1) is 0 Å². The Morgan fingerprint density at radius 2 is 1.75 bits per heavy atom. The van der Waals surface area contributed by atoms with E-state index in [2.05, 4.69) is 5.32 Å². The van der Waals surface area contributed by atoms with E-state index in [1.165, 1.54) is 6.07 Å². The van der Waals surface area contributed by atoms with Crippen LogP contribution in [-0.2, 0) is 17.4 Å². The molecular weight excluding hydrogens is 267 g/mol. The molecule has 0 spiro atoms. The van der Waals surface area contributed by atoms with E-state index < -0.39 is 11.7 Å². The van der Waals surface area contributed by atoms with Crippen LogP contribution >= 0.6 is 0 Å². The molecule has 102 valence electrons. The maximum Gasteiger partial charge on any atom is 0.416 e. The summed E-state index contributed by atoms with van der Waals surface area (Å²) >= 11 is 0. The minimum absolute atomic E-state index is 0.0961. The molecular formula is C15H10F3NO. The predicted molar refractivity (Wildman–Crippen MR) is 69.2 cm³/mol. The molecule has 1 N–H and O–H groups in total. The summed E-state index contributed by atoms with van der Waals surface area (Å²) in [6, 6.07) is 10.3. The Morgan fingerprint density at radius 3 is 2.50 bits per heavy atom. The lowest BCUT2D eigenvalue weighted by molar-refractivity contribution is -0.137. The average Bonchev–Trinajstić information content (AvgIpc) is 2.77. The third kappa shape index (κ3) is 2.27. The standard InChI is InChI=1S/C15H10F3NO/c16-15(17,18)12-3-1-2-9(7-12)10-4-5-13-11(6-10)8-14(20)19-13/h1-7H,8H2,(H,19,20). The predicted octanol–water partition coefficient (Wildman–Crippen LogP) is 3.87. The van der Waals surface area contributed by atoms with Crippen LogP contribution in [0, 0.1) is 0 Å². The molecule has 0 bridgehead atoms. The molecule has 0 radical (unpaired) electrons. The minimum atomic E-state index is -4.36. The largest absolute Gasteiger partial charge is 0.416 e. The third-order valence-electron chi connectivity index (χ3n) is 3.25. The van der Waals surface area contributed by atoms with Gasteiger partial charge in [0.15, 0.2) is 0 Å². The first-order chi connectivity index (χ1) is 9.43. The molecule has 1 amide bonds. The molecule has 0 saturated carbocycles. The lowest BCUT2D eigenvalue weighted by atomic mass is 10.00. The summed E-state index contributed by atoms with van der Waals surface area (Å²) in [7, 11) is 0. The van der Waals surface area contributed by atoms with Gasteiger partial charge < -0.3 is 5.32 Å². The van der Waals surface area contributed by atoms with Crippen LogP contribution in [0.25, 0.3) is 11.1 Å². The van der Waals surface area contributed by atoms with E-state index in [9.17, 15) is 18.0 Å². The minimum Gasteiger partial charge on any atom is -0.326 e. The van der Waals surface area contributed by atoms with Crippen molar-refractivity contribution in [1.29, 1.82) is 0 Å². The van der Waals surface area contributed by atoms with Crippen LogP contribution in [0.2, 0.25) is 0 Å². The number of nitrogens with one attached hydrogen (secondary N) is 1. The number of halogens is 3. The third-order valence-corrected chi connectivity index (χ3v) is 3.25. The quantitative estimate of drug-likeness (QED) is 0.842. The van der Waals surface area contributed by atoms with Crippen LogP contribution in [0.3, 0.4) is 0 Å². The van der Waals surface area contributed by atoms with Crippen LogP contribution in [0.4, 0.5) is 18.9 Å². The molecule has 0 aliphatic carbocycles. The number of amides is 1. The number of alkyl halides is 3. The number of hydrogen-bond acceptors (Lipinski definition) is 1. The van der Waals surface area contributed by atoms with Crippen molar-refractivity contribution in [2.45, 2.75) is 12.6 Å². The van der Waals surface area contributed by atoms with E-state index in [1.54, 1.807) is 24.3 Å². The summed E-state index contributed by atoms with van der Waals surface area (Å²) in [6.45, 7) is 0. The first-order valence-electron chi connectivity index (χ1n) is 6.04. The van der Waals surface area contributed by atoms with Crippen LogP contribution in [0.15, 0.2) is 42.5 Å². The van der Waals surface area contributed by atoms with Crippen molar-refractivity contribution >= 4 is 11.6 Å². The van der Waals surface area contributed by atoms with E-state index in [0.717, 1.165) is 23.4 Å². The van der Waals surface area contributed by atoms with Gasteiger partial charge in [-0.05, 0) is 41.0 Å². The van der Waals surface area contributed by atoms with E-state index >= 15 is 0 Å². The zero-order valence-electron chi connectivity index (χ0n) is 10.3. The second-order valence-corrected chi connectivity index (χ2v) is 4.68. The molecule has 0 fully saturated rings. The first-order valence-corrected chi connectivity index (χ1v) is 6.04. The van der Waals surface area contributed by atoms with Crippen LogP contribution in [-0.4, -0.2) is 5.91 Å². The summed E-state index contributed by atoms with van der Waals surface area (Å²) in [6.07, 6.45) is -4.09. The molecule has 0 saturated heterocycles. The zero-order valence-corrected chi connectivity index (χ0v) is 10.3. The highest BCUT2D eigenvalue weighted by Gasteiger charge is 2.30. The van der Waals surface area contributed by atoms with Crippen LogP contribution < -0.4 is 5.32 Å². The Morgan fingerprint density at radius 1 is 1.00 bits per heavy atom. The van der Waals surface area contributed by atoms with Gasteiger partial charge in [0.1, 0.15) is 0 Å². The van der Waals surface area contributed by atoms with Gasteiger partial charge in [-0.2, -0.15) is 13.2 Å². The van der Waals surface area contributed by atoms with Crippen LogP contribution in [0.1, 0.15) is 11.1 Å². The van der Waals surface area contributed by atoms with Gasteiger partial charge in [0.25, 0.3) is 0 Å². The number of anilines is 1. The van der Waals surface area contributed by atoms with Crippen molar-refractivity contribution in [3.8, 4) is 11.1 Å². The fraction of sp³-hybridized carbons (Fsp3) is 0.133. The lowest BCUT2D eigenvalue weighted by Crippen LogP contribution is -2.04. The van der Waals surface area contributed by atoms with Crippen molar-refractivity contribution in [1.82, 2.24) is 0 Å². The van der Waals surface area contributed by atoms with Gasteiger partial charge in [0.2, 0.25) is 5.91 Å². The molecule has 2 aromatic carbocycles. The molecule has 1 aliphatic rings. The second kappa shape index (κ2) is 4.37. The van der Waals surface area contributed by atoms with Gasteiger partial charge in [0.05, 0.1) is 12.0 Å². The monoisotopic (exact) mass is 277 g/mol. The normalized spacial score (nSPS) is 14.1. The Hall–Kier alpha value is -2.30. The van der Waals surface area contributed by atoms with Crippen molar-refractivity contribution in [3.63, 3.8) is 0 Å². The summed E-state index contributed by atoms with van der Waals surface area (Å²) < 4.78 is 38.1. The number of benzene rings is 2. The Labute approximate surface area is 113 Å². The van der Waals surface area contributed by atoms with Gasteiger partial charge in [0, 0.05) is 5.69 Å². The highest BCUT2D eigenvalue weighted by Crippen LogP contribution is 2.34. The maximum atomic E-state index is 12.7. The lowest BCUT2D eigenvalue weighted by Gasteiger charge is -2.09. The van der Waals surface area contributed by atoms with Crippen molar-refractivity contribution in [2.24, 2.45) is 0 Å². The number of hydrogen-bond donors (Lipinski definition) is 1. The van der Waals surface area contributed by atoms with Gasteiger partial charge in [-0.1, -0.05) is 18.2 Å². The molecule has 1 aliphatic heterocycles. The van der Waals surface area contributed by atoms with E-state index in [1.807, 2.05) is 0 Å². The molecule has 0 aromatic heterocycles. The van der Waals surface area contributed by atoms with E-state index in [4.69, 9.17) is 0 Å². The van der Waals surface area contributed by atoms with E-state index in [-0.39, 0.29) is 12.3 Å². The summed E-state index contributed by atoms with van der Waals surface area (Å²) in [5.41, 5.74) is 2.02. The SMILES string of the molecule is O=C1Cc2cc(-c3cccc(C(F)(F)F)c3)ccc2N1. The average molecular weight is 277 g/mol. The first kappa shape index (κ1) is 12.7. The van der Waals surface area contributed by atoms with Gasteiger partial charge in [-0.25, -0.2) is 0 Å². The highest BCUT2D eigenvalue weighted by molar-refractivity contribution is 5.99. The second-order valence-electron chi connectivity index (χ2n) is 4.68. The zero-order chi connectivity index (χ0) is 14.3. The van der Waals surface area contributed by atoms with Crippen molar-refractivity contribution in [2.75, 3.05) is 5.32 Å². The fourth-order valence-corrected chi connectivity index (χ4v) is 2.28. The molecule has 2 nitrogen and oxygen atoms in total. The summed E-state index contributed by atoms with van der Waals surface area (Å²) in [5.74, 6) is -0.0961. The van der Waals surface area contributed by atoms with E-state index in [0.29, 0.717) is 11.1 Å². The van der Waals surface area contributed by atoms with Crippen molar-refractivity contribution < 1.29 is 18.0 Å².